The second kappa shape index (κ2) is 6.77. The van der Waals surface area contributed by atoms with Gasteiger partial charge in [0.2, 0.25) is 10.0 Å². The van der Waals surface area contributed by atoms with Gasteiger partial charge in [0.05, 0.1) is 7.11 Å². The van der Waals surface area contributed by atoms with Gasteiger partial charge in [-0.05, 0) is 43.5 Å². The average Bonchev–Trinajstić information content (AvgIpc) is 3.31. The summed E-state index contributed by atoms with van der Waals surface area (Å²) in [6.07, 6.45) is 2.93. The molecule has 5 nitrogen and oxygen atoms in total. The largest absolute Gasteiger partial charge is 0.495 e. The van der Waals surface area contributed by atoms with Crippen molar-refractivity contribution in [1.29, 1.82) is 0 Å². The van der Waals surface area contributed by atoms with Crippen molar-refractivity contribution in [2.75, 3.05) is 20.7 Å². The van der Waals surface area contributed by atoms with E-state index in [0.29, 0.717) is 12.3 Å². The molecule has 1 fully saturated rings. The van der Waals surface area contributed by atoms with Crippen molar-refractivity contribution in [3.8, 4) is 5.75 Å². The summed E-state index contributed by atoms with van der Waals surface area (Å²) in [4.78, 5) is 0.259. The van der Waals surface area contributed by atoms with Crippen LogP contribution in [0.4, 0.5) is 0 Å². The molecule has 0 atom stereocenters. The van der Waals surface area contributed by atoms with Crippen molar-refractivity contribution < 1.29 is 13.2 Å². The Morgan fingerprint density at radius 2 is 2.10 bits per heavy atom. The molecule has 0 spiro atoms. The first-order valence-corrected chi connectivity index (χ1v) is 8.80. The number of ether oxygens (including phenoxy) is 1. The summed E-state index contributed by atoms with van der Waals surface area (Å²) >= 11 is 0. The lowest BCUT2D eigenvalue weighted by Crippen LogP contribution is -2.29. The van der Waals surface area contributed by atoms with Crippen LogP contribution in [0.5, 0.6) is 5.75 Å². The Labute approximate surface area is 127 Å². The third kappa shape index (κ3) is 3.75. The lowest BCUT2D eigenvalue weighted by molar-refractivity contribution is 0.397. The van der Waals surface area contributed by atoms with Crippen LogP contribution in [0.25, 0.3) is 0 Å². The predicted octanol–water partition coefficient (Wildman–Crippen LogP) is 1.98. The van der Waals surface area contributed by atoms with Crippen molar-refractivity contribution in [3.63, 3.8) is 0 Å². The Balaban J connectivity index is 2.28. The van der Waals surface area contributed by atoms with Crippen molar-refractivity contribution in [3.05, 3.63) is 23.8 Å². The van der Waals surface area contributed by atoms with Gasteiger partial charge in [-0.25, -0.2) is 8.42 Å². The summed E-state index contributed by atoms with van der Waals surface area (Å²) in [7, 11) is -0.343. The summed E-state index contributed by atoms with van der Waals surface area (Å²) in [5.74, 6) is 0.404. The number of hydrogen-bond acceptors (Lipinski definition) is 4. The number of nitrogens with one attached hydrogen (secondary N) is 1. The molecule has 1 aromatic carbocycles. The molecular weight excluding hydrogens is 288 g/mol. The minimum atomic E-state index is -3.49. The molecule has 0 amide bonds. The molecule has 0 radical (unpaired) electrons. The SMILES string of the molecule is CCCNCc1ccc(OC)c(S(=O)(=O)N(C)C2CC2)c1. The molecule has 1 saturated carbocycles. The number of rotatable bonds is 8. The molecule has 1 aromatic rings. The fourth-order valence-corrected chi connectivity index (χ4v) is 3.85. The van der Waals surface area contributed by atoms with Gasteiger partial charge in [-0.2, -0.15) is 4.31 Å². The molecule has 118 valence electrons. The molecule has 1 N–H and O–H groups in total. The Morgan fingerprint density at radius 3 is 2.67 bits per heavy atom. The summed E-state index contributed by atoms with van der Waals surface area (Å²) in [6.45, 7) is 3.67. The van der Waals surface area contributed by atoms with Gasteiger partial charge in [-0.15, -0.1) is 0 Å². The lowest BCUT2D eigenvalue weighted by atomic mass is 10.2. The van der Waals surface area contributed by atoms with Crippen LogP contribution in [-0.4, -0.2) is 39.5 Å². The molecule has 6 heteroatoms. The number of methoxy groups -OCH3 is 1. The molecular formula is C15H24N2O3S. The topological polar surface area (TPSA) is 58.6 Å². The Bertz CT molecular complexity index is 583. The maximum atomic E-state index is 12.7. The number of benzene rings is 1. The van der Waals surface area contributed by atoms with E-state index in [2.05, 4.69) is 12.2 Å². The van der Waals surface area contributed by atoms with Crippen LogP contribution in [0.3, 0.4) is 0 Å². The number of hydrogen-bond donors (Lipinski definition) is 1. The maximum Gasteiger partial charge on any atom is 0.246 e. The monoisotopic (exact) mass is 312 g/mol. The standard InChI is InChI=1S/C15H24N2O3S/c1-4-9-16-11-12-5-8-14(20-3)15(10-12)21(18,19)17(2)13-6-7-13/h5,8,10,13,16H,4,6-7,9,11H2,1-3H3. The van der Waals surface area contributed by atoms with Crippen LogP contribution in [0.1, 0.15) is 31.7 Å². The molecule has 1 aliphatic carbocycles. The molecule has 0 bridgehead atoms. The molecule has 0 saturated heterocycles. The first-order valence-electron chi connectivity index (χ1n) is 7.36. The molecule has 0 unspecified atom stereocenters. The van der Waals surface area contributed by atoms with Crippen molar-refractivity contribution in [2.24, 2.45) is 0 Å². The molecule has 1 aliphatic rings. The summed E-state index contributed by atoms with van der Waals surface area (Å²) < 4.78 is 32.1. The zero-order valence-corrected chi connectivity index (χ0v) is 13.7. The van der Waals surface area contributed by atoms with Crippen LogP contribution in [0, 0.1) is 0 Å². The quantitative estimate of drug-likeness (QED) is 0.746. The van der Waals surface area contributed by atoms with Gasteiger partial charge in [-0.1, -0.05) is 13.0 Å². The normalized spacial score (nSPS) is 15.4. The fraction of sp³-hybridized carbons (Fsp3) is 0.600. The number of sulfonamides is 1. The second-order valence-corrected chi connectivity index (χ2v) is 7.38. The Kier molecular flexibility index (Phi) is 5.24. The second-order valence-electron chi connectivity index (χ2n) is 5.41. The first-order chi connectivity index (χ1) is 10.0. The fourth-order valence-electron chi connectivity index (χ4n) is 2.23. The summed E-state index contributed by atoms with van der Waals surface area (Å²) in [5.41, 5.74) is 0.951. The molecule has 2 rings (SSSR count). The van der Waals surface area contributed by atoms with Crippen molar-refractivity contribution in [1.82, 2.24) is 9.62 Å². The Morgan fingerprint density at radius 1 is 1.38 bits per heavy atom. The van der Waals surface area contributed by atoms with Crippen LogP contribution in [0.2, 0.25) is 0 Å². The van der Waals surface area contributed by atoms with E-state index in [4.69, 9.17) is 4.74 Å². The number of nitrogens with zero attached hydrogens (tertiary/aromatic N) is 1. The van der Waals surface area contributed by atoms with Gasteiger partial charge >= 0.3 is 0 Å². The minimum absolute atomic E-state index is 0.140. The van der Waals surface area contributed by atoms with Crippen molar-refractivity contribution in [2.45, 2.75) is 43.7 Å². The van der Waals surface area contributed by atoms with E-state index in [1.54, 1.807) is 19.2 Å². The van der Waals surface area contributed by atoms with Crippen LogP contribution in [-0.2, 0) is 16.6 Å². The van der Waals surface area contributed by atoms with Gasteiger partial charge in [0.25, 0.3) is 0 Å². The van der Waals surface area contributed by atoms with Gasteiger partial charge in [0.1, 0.15) is 10.6 Å². The van der Waals surface area contributed by atoms with Gasteiger partial charge in [0.15, 0.2) is 0 Å². The smallest absolute Gasteiger partial charge is 0.246 e. The zero-order valence-electron chi connectivity index (χ0n) is 12.9. The summed E-state index contributed by atoms with van der Waals surface area (Å²) in [5, 5.41) is 3.28. The maximum absolute atomic E-state index is 12.7. The molecule has 0 heterocycles. The van der Waals surface area contributed by atoms with Gasteiger partial charge in [0, 0.05) is 19.6 Å². The highest BCUT2D eigenvalue weighted by Crippen LogP contribution is 2.34. The lowest BCUT2D eigenvalue weighted by Gasteiger charge is -2.19. The molecule has 0 aliphatic heterocycles. The Hall–Kier alpha value is -1.11. The van der Waals surface area contributed by atoms with E-state index < -0.39 is 10.0 Å². The van der Waals surface area contributed by atoms with Crippen LogP contribution >= 0.6 is 0 Å². The summed E-state index contributed by atoms with van der Waals surface area (Å²) in [6, 6.07) is 5.49. The first kappa shape index (κ1) is 16.3. The highest BCUT2D eigenvalue weighted by molar-refractivity contribution is 7.89. The van der Waals surface area contributed by atoms with Gasteiger partial charge in [-0.3, -0.25) is 0 Å². The van der Waals surface area contributed by atoms with E-state index in [1.807, 2.05) is 6.07 Å². The third-order valence-corrected chi connectivity index (χ3v) is 5.63. The van der Waals surface area contributed by atoms with Crippen molar-refractivity contribution >= 4 is 10.0 Å². The van der Waals surface area contributed by atoms with E-state index in [1.165, 1.54) is 11.4 Å². The minimum Gasteiger partial charge on any atom is -0.495 e. The predicted molar refractivity (Wildman–Crippen MR) is 83.0 cm³/mol. The average molecular weight is 312 g/mol. The van der Waals surface area contributed by atoms with Gasteiger partial charge < -0.3 is 10.1 Å². The molecule has 0 aromatic heterocycles. The zero-order chi connectivity index (χ0) is 15.5. The van der Waals surface area contributed by atoms with E-state index >= 15 is 0 Å². The van der Waals surface area contributed by atoms with E-state index in [0.717, 1.165) is 31.4 Å². The highest BCUT2D eigenvalue weighted by Gasteiger charge is 2.36. The van der Waals surface area contributed by atoms with E-state index in [9.17, 15) is 8.42 Å². The van der Waals surface area contributed by atoms with E-state index in [-0.39, 0.29) is 10.9 Å². The van der Waals surface area contributed by atoms with Crippen LogP contribution in [0.15, 0.2) is 23.1 Å². The van der Waals surface area contributed by atoms with Crippen LogP contribution < -0.4 is 10.1 Å². The third-order valence-electron chi connectivity index (χ3n) is 3.70. The molecule has 21 heavy (non-hydrogen) atoms. The highest BCUT2D eigenvalue weighted by atomic mass is 32.2.